The molecule has 54 valence electrons. The summed E-state index contributed by atoms with van der Waals surface area (Å²) in [6.07, 6.45) is 0.561. The molecular weight excluding hydrogens is 149 g/mol. The van der Waals surface area contributed by atoms with Crippen LogP contribution in [0.5, 0.6) is 0 Å². The Bertz CT molecular complexity index is 216. The largest absolute Gasteiger partial charge is 0.326 e. The van der Waals surface area contributed by atoms with Gasteiger partial charge in [-0.3, -0.25) is 0 Å². The van der Waals surface area contributed by atoms with Crippen LogP contribution in [0.4, 0.5) is 4.39 Å². The predicted octanol–water partition coefficient (Wildman–Crippen LogP) is 2.02. The molecule has 0 spiro atoms. The van der Waals surface area contributed by atoms with Crippen molar-refractivity contribution in [1.82, 2.24) is 0 Å². The maximum atomic E-state index is 12.0. The lowest BCUT2D eigenvalue weighted by Gasteiger charge is -1.94. The molecule has 1 aromatic heterocycles. The minimum Gasteiger partial charge on any atom is -0.326 e. The maximum Gasteiger partial charge on any atom is 0.0925 e. The molecular formula is C7H8FNS. The van der Waals surface area contributed by atoms with Gasteiger partial charge in [0.05, 0.1) is 6.33 Å². The first-order valence-electron chi connectivity index (χ1n) is 2.91. The van der Waals surface area contributed by atoms with Crippen molar-refractivity contribution in [1.29, 1.82) is 0 Å². The Hall–Kier alpha value is -0.670. The average Bonchev–Trinajstić information content (AvgIpc) is 2.43. The van der Waals surface area contributed by atoms with E-state index in [4.69, 9.17) is 5.73 Å². The van der Waals surface area contributed by atoms with Gasteiger partial charge in [0.15, 0.2) is 0 Å². The summed E-state index contributed by atoms with van der Waals surface area (Å²) < 4.78 is 12.0. The Balaban J connectivity index is 2.85. The third kappa shape index (κ3) is 1.43. The Kier molecular flexibility index (Phi) is 2.59. The van der Waals surface area contributed by atoms with Crippen LogP contribution >= 0.6 is 11.3 Å². The molecule has 0 aliphatic heterocycles. The van der Waals surface area contributed by atoms with Gasteiger partial charge < -0.3 is 5.73 Å². The second kappa shape index (κ2) is 3.49. The smallest absolute Gasteiger partial charge is 0.0925 e. The van der Waals surface area contributed by atoms with E-state index in [1.165, 1.54) is 11.3 Å². The van der Waals surface area contributed by atoms with E-state index in [0.717, 1.165) is 4.88 Å². The van der Waals surface area contributed by atoms with Crippen LogP contribution < -0.4 is 5.73 Å². The van der Waals surface area contributed by atoms with Crippen LogP contribution in [-0.2, 0) is 0 Å². The standard InChI is InChI=1S/C7H8FNS/c8-4-6(5-9)7-2-1-3-10-7/h1-4H,5,9H2/b6-4-. The summed E-state index contributed by atoms with van der Waals surface area (Å²) in [4.78, 5) is 0.907. The lowest BCUT2D eigenvalue weighted by molar-refractivity contribution is 0.722. The molecule has 0 bridgehead atoms. The molecule has 1 nitrogen and oxygen atoms in total. The van der Waals surface area contributed by atoms with Gasteiger partial charge in [0.25, 0.3) is 0 Å². The molecule has 1 aromatic rings. The van der Waals surface area contributed by atoms with Gasteiger partial charge in [-0.05, 0) is 11.4 Å². The van der Waals surface area contributed by atoms with Crippen molar-refractivity contribution in [2.24, 2.45) is 5.73 Å². The highest BCUT2D eigenvalue weighted by atomic mass is 32.1. The summed E-state index contributed by atoms with van der Waals surface area (Å²) in [5, 5.41) is 1.90. The third-order valence-corrected chi connectivity index (χ3v) is 2.13. The predicted molar refractivity (Wildman–Crippen MR) is 42.5 cm³/mol. The molecule has 0 fully saturated rings. The minimum absolute atomic E-state index is 0.261. The van der Waals surface area contributed by atoms with E-state index < -0.39 is 0 Å². The van der Waals surface area contributed by atoms with Crippen molar-refractivity contribution in [3.8, 4) is 0 Å². The summed E-state index contributed by atoms with van der Waals surface area (Å²) in [5.41, 5.74) is 5.84. The highest BCUT2D eigenvalue weighted by Crippen LogP contribution is 2.18. The van der Waals surface area contributed by atoms with Gasteiger partial charge >= 0.3 is 0 Å². The molecule has 0 aliphatic rings. The number of nitrogens with two attached hydrogens (primary N) is 1. The molecule has 0 amide bonds. The van der Waals surface area contributed by atoms with Gasteiger partial charge in [-0.2, -0.15) is 0 Å². The van der Waals surface area contributed by atoms with Crippen molar-refractivity contribution in [3.05, 3.63) is 28.7 Å². The van der Waals surface area contributed by atoms with E-state index in [1.54, 1.807) is 0 Å². The maximum absolute atomic E-state index is 12.0. The van der Waals surface area contributed by atoms with Crippen molar-refractivity contribution < 1.29 is 4.39 Å². The average molecular weight is 157 g/mol. The second-order valence-corrected chi connectivity index (χ2v) is 2.76. The van der Waals surface area contributed by atoms with Gasteiger partial charge in [0, 0.05) is 17.0 Å². The third-order valence-electron chi connectivity index (χ3n) is 1.19. The normalized spacial score (nSPS) is 12.0. The number of thiophene rings is 1. The number of hydrogen-bond acceptors (Lipinski definition) is 2. The number of halogens is 1. The molecule has 0 saturated carbocycles. The molecule has 0 saturated heterocycles. The zero-order valence-electron chi connectivity index (χ0n) is 5.38. The van der Waals surface area contributed by atoms with Crippen molar-refractivity contribution >= 4 is 16.9 Å². The van der Waals surface area contributed by atoms with Crippen LogP contribution in [0.3, 0.4) is 0 Å². The molecule has 0 aliphatic carbocycles. The van der Waals surface area contributed by atoms with Gasteiger partial charge in [-0.1, -0.05) is 6.07 Å². The Morgan fingerprint density at radius 1 is 1.80 bits per heavy atom. The van der Waals surface area contributed by atoms with E-state index in [9.17, 15) is 4.39 Å². The van der Waals surface area contributed by atoms with Crippen molar-refractivity contribution in [2.75, 3.05) is 6.54 Å². The van der Waals surface area contributed by atoms with Gasteiger partial charge in [0.1, 0.15) is 0 Å². The Morgan fingerprint density at radius 2 is 2.60 bits per heavy atom. The quantitative estimate of drug-likeness (QED) is 0.698. The van der Waals surface area contributed by atoms with Gasteiger partial charge in [-0.25, -0.2) is 4.39 Å². The summed E-state index contributed by atoms with van der Waals surface area (Å²) in [6, 6.07) is 3.72. The molecule has 0 unspecified atom stereocenters. The first-order valence-corrected chi connectivity index (χ1v) is 3.79. The molecule has 0 radical (unpaired) electrons. The Morgan fingerprint density at radius 3 is 3.00 bits per heavy atom. The van der Waals surface area contributed by atoms with Crippen LogP contribution in [0.25, 0.3) is 5.57 Å². The first-order chi connectivity index (χ1) is 4.88. The highest BCUT2D eigenvalue weighted by Gasteiger charge is 1.98. The highest BCUT2D eigenvalue weighted by molar-refractivity contribution is 7.11. The van der Waals surface area contributed by atoms with Crippen LogP contribution in [-0.4, -0.2) is 6.54 Å². The van der Waals surface area contributed by atoms with Gasteiger partial charge in [0.2, 0.25) is 0 Å². The van der Waals surface area contributed by atoms with Crippen LogP contribution in [0, 0.1) is 0 Å². The van der Waals surface area contributed by atoms with Crippen LogP contribution in [0.2, 0.25) is 0 Å². The summed E-state index contributed by atoms with van der Waals surface area (Å²) in [5.74, 6) is 0. The molecule has 1 heterocycles. The number of hydrogen-bond donors (Lipinski definition) is 1. The van der Waals surface area contributed by atoms with E-state index in [-0.39, 0.29) is 6.54 Å². The lowest BCUT2D eigenvalue weighted by Crippen LogP contribution is -1.99. The molecule has 1 rings (SSSR count). The lowest BCUT2D eigenvalue weighted by atomic mass is 10.2. The van der Waals surface area contributed by atoms with Crippen LogP contribution in [0.1, 0.15) is 4.88 Å². The van der Waals surface area contributed by atoms with Crippen molar-refractivity contribution in [3.63, 3.8) is 0 Å². The fraction of sp³-hybridized carbons (Fsp3) is 0.143. The Labute approximate surface area is 63.0 Å². The molecule has 10 heavy (non-hydrogen) atoms. The summed E-state index contributed by atoms with van der Waals surface area (Å²) in [6.45, 7) is 0.261. The van der Waals surface area contributed by atoms with E-state index in [1.807, 2.05) is 17.5 Å². The van der Waals surface area contributed by atoms with Crippen molar-refractivity contribution in [2.45, 2.75) is 0 Å². The fourth-order valence-corrected chi connectivity index (χ4v) is 1.40. The molecule has 0 aromatic carbocycles. The van der Waals surface area contributed by atoms with E-state index in [0.29, 0.717) is 11.9 Å². The second-order valence-electron chi connectivity index (χ2n) is 1.82. The topological polar surface area (TPSA) is 26.0 Å². The molecule has 0 atom stereocenters. The summed E-state index contributed by atoms with van der Waals surface area (Å²) >= 11 is 1.49. The molecule has 2 N–H and O–H groups in total. The SMILES string of the molecule is NC/C(=C/F)c1cccs1. The first kappa shape index (κ1) is 7.44. The van der Waals surface area contributed by atoms with Gasteiger partial charge in [-0.15, -0.1) is 11.3 Å². The number of rotatable bonds is 2. The van der Waals surface area contributed by atoms with Crippen LogP contribution in [0.15, 0.2) is 23.8 Å². The van der Waals surface area contributed by atoms with E-state index in [2.05, 4.69) is 0 Å². The summed E-state index contributed by atoms with van der Waals surface area (Å²) in [7, 11) is 0. The molecule has 3 heteroatoms. The zero-order chi connectivity index (χ0) is 7.40. The van der Waals surface area contributed by atoms with E-state index >= 15 is 0 Å². The fourth-order valence-electron chi connectivity index (χ4n) is 0.660. The monoisotopic (exact) mass is 157 g/mol. The minimum atomic E-state index is 0.261. The zero-order valence-corrected chi connectivity index (χ0v) is 6.20.